The summed E-state index contributed by atoms with van der Waals surface area (Å²) in [5.41, 5.74) is 0. The summed E-state index contributed by atoms with van der Waals surface area (Å²) >= 11 is 0. The lowest BCUT2D eigenvalue weighted by molar-refractivity contribution is -0.160. The number of carbonyl (C=O) groups excluding carboxylic acids is 4. The van der Waals surface area contributed by atoms with Gasteiger partial charge in [0.2, 0.25) is 0 Å². The summed E-state index contributed by atoms with van der Waals surface area (Å²) in [6.45, 7) is 9.69. The normalized spacial score (nSPS) is 13.0. The summed E-state index contributed by atoms with van der Waals surface area (Å²) in [5, 5.41) is 0. The molecule has 0 N–H and O–H groups in total. The first-order chi connectivity index (χ1) is 27.7. The summed E-state index contributed by atoms with van der Waals surface area (Å²) in [4.78, 5) is 52.7. The summed E-state index contributed by atoms with van der Waals surface area (Å²) < 4.78 is 22.8. The van der Waals surface area contributed by atoms with Crippen molar-refractivity contribution in [3.05, 3.63) is 0 Å². The van der Waals surface area contributed by atoms with Crippen LogP contribution in [0.2, 0.25) is 0 Å². The lowest BCUT2D eigenvalue weighted by Gasteiger charge is -2.21. The van der Waals surface area contributed by atoms with Crippen LogP contribution in [0.1, 0.15) is 233 Å². The van der Waals surface area contributed by atoms with Crippen LogP contribution in [0.15, 0.2) is 0 Å². The van der Waals surface area contributed by atoms with Crippen LogP contribution in [-0.4, -0.2) is 74.8 Å². The van der Waals surface area contributed by atoms with E-state index in [2.05, 4.69) is 27.7 Å². The van der Waals surface area contributed by atoms with Crippen LogP contribution in [-0.2, 0) is 38.1 Å². The van der Waals surface area contributed by atoms with E-state index in [4.69, 9.17) is 18.9 Å². The number of esters is 4. The maximum Gasteiger partial charge on any atom is 0.308 e. The largest absolute Gasteiger partial charge is 0.465 e. The number of rotatable bonds is 42. The summed E-state index contributed by atoms with van der Waals surface area (Å²) in [7, 11) is 3.77. The zero-order chi connectivity index (χ0) is 42.2. The van der Waals surface area contributed by atoms with Crippen LogP contribution < -0.4 is 0 Å². The molecule has 0 bridgehead atoms. The Hall–Kier alpha value is -2.16. The number of unbranched alkanes of at least 4 members (excludes halogenated alkanes) is 19. The van der Waals surface area contributed by atoms with E-state index in [-0.39, 0.29) is 55.3 Å². The highest BCUT2D eigenvalue weighted by Gasteiger charge is 2.21. The molecule has 9 heteroatoms. The number of ether oxygens (including phenoxy) is 4. The van der Waals surface area contributed by atoms with Gasteiger partial charge >= 0.3 is 23.9 Å². The Labute approximate surface area is 351 Å². The predicted molar refractivity (Wildman–Crippen MR) is 234 cm³/mol. The van der Waals surface area contributed by atoms with Crippen molar-refractivity contribution >= 4 is 23.9 Å². The van der Waals surface area contributed by atoms with Gasteiger partial charge in [-0.3, -0.25) is 19.2 Å². The monoisotopic (exact) mass is 810 g/mol. The molecule has 0 aliphatic heterocycles. The second-order valence-corrected chi connectivity index (χ2v) is 16.9. The van der Waals surface area contributed by atoms with Crippen molar-refractivity contribution in [3.8, 4) is 0 Å². The number of nitrogens with zero attached hydrogens (tertiary/aromatic N) is 1. The molecule has 0 rings (SSSR count). The number of hydrogen-bond donors (Lipinski definition) is 0. The van der Waals surface area contributed by atoms with Crippen LogP contribution >= 0.6 is 0 Å². The van der Waals surface area contributed by atoms with E-state index >= 15 is 0 Å². The molecule has 336 valence electrons. The fourth-order valence-electron chi connectivity index (χ4n) is 7.24. The standard InChI is InChI=1S/C48H91NO8/c1-7-11-15-19-21-25-33-42(32-24-17-13-9-3)48(53)54-39-31-23-28-36-45(50)55-41-44(40-49(5)6)57-47(52)38-30-29-37-46(51)56-43(34-26-18-14-10-4)35-27-22-20-16-12-8-2/h42-44H,7-41H2,1-6H3. The molecule has 0 aromatic rings. The second kappa shape index (κ2) is 40.6. The van der Waals surface area contributed by atoms with Crippen molar-refractivity contribution in [1.29, 1.82) is 0 Å². The van der Waals surface area contributed by atoms with E-state index in [9.17, 15) is 19.2 Å². The van der Waals surface area contributed by atoms with Gasteiger partial charge in [-0.1, -0.05) is 143 Å². The average Bonchev–Trinajstić information content (AvgIpc) is 3.18. The Morgan fingerprint density at radius 1 is 0.421 bits per heavy atom. The van der Waals surface area contributed by atoms with E-state index in [0.29, 0.717) is 38.8 Å². The maximum atomic E-state index is 12.9. The summed E-state index contributed by atoms with van der Waals surface area (Å²) in [6, 6.07) is 0. The van der Waals surface area contributed by atoms with Crippen LogP contribution in [0.5, 0.6) is 0 Å². The fourth-order valence-corrected chi connectivity index (χ4v) is 7.24. The third-order valence-corrected chi connectivity index (χ3v) is 10.8. The molecule has 0 radical (unpaired) electrons. The molecule has 3 atom stereocenters. The highest BCUT2D eigenvalue weighted by Crippen LogP contribution is 2.21. The molecule has 0 saturated heterocycles. The van der Waals surface area contributed by atoms with E-state index in [1.165, 1.54) is 103 Å². The van der Waals surface area contributed by atoms with Crippen LogP contribution in [0.25, 0.3) is 0 Å². The number of carbonyl (C=O) groups is 4. The van der Waals surface area contributed by atoms with Crippen molar-refractivity contribution in [1.82, 2.24) is 4.90 Å². The van der Waals surface area contributed by atoms with Gasteiger partial charge in [-0.15, -0.1) is 0 Å². The van der Waals surface area contributed by atoms with Crippen molar-refractivity contribution in [2.24, 2.45) is 5.92 Å². The molecule has 0 heterocycles. The molecular weight excluding hydrogens is 719 g/mol. The quantitative estimate of drug-likeness (QED) is 0.0338. The minimum Gasteiger partial charge on any atom is -0.465 e. The topological polar surface area (TPSA) is 108 Å². The van der Waals surface area contributed by atoms with Crippen LogP contribution in [0.3, 0.4) is 0 Å². The van der Waals surface area contributed by atoms with Crippen LogP contribution in [0.4, 0.5) is 0 Å². The molecule has 0 fully saturated rings. The van der Waals surface area contributed by atoms with E-state index in [1.54, 1.807) is 0 Å². The zero-order valence-electron chi connectivity index (χ0n) is 38.2. The Morgan fingerprint density at radius 2 is 0.807 bits per heavy atom. The molecule has 0 amide bonds. The van der Waals surface area contributed by atoms with Crippen molar-refractivity contribution < 1.29 is 38.1 Å². The van der Waals surface area contributed by atoms with Crippen molar-refractivity contribution in [2.75, 3.05) is 33.9 Å². The smallest absolute Gasteiger partial charge is 0.308 e. The first-order valence-corrected chi connectivity index (χ1v) is 24.0. The van der Waals surface area contributed by atoms with E-state index < -0.39 is 6.10 Å². The molecule has 3 unspecified atom stereocenters. The molecule has 0 spiro atoms. The zero-order valence-corrected chi connectivity index (χ0v) is 38.2. The third kappa shape index (κ3) is 36.6. The second-order valence-electron chi connectivity index (χ2n) is 16.9. The van der Waals surface area contributed by atoms with Gasteiger partial charge in [0.25, 0.3) is 0 Å². The molecule has 57 heavy (non-hydrogen) atoms. The Bertz CT molecular complexity index is 957. The van der Waals surface area contributed by atoms with Gasteiger partial charge < -0.3 is 23.8 Å². The average molecular weight is 810 g/mol. The molecule has 0 aromatic heterocycles. The van der Waals surface area contributed by atoms with Gasteiger partial charge in [-0.05, 0) is 84.7 Å². The van der Waals surface area contributed by atoms with Crippen LogP contribution in [0, 0.1) is 5.92 Å². The highest BCUT2D eigenvalue weighted by molar-refractivity contribution is 5.72. The molecular formula is C48H91NO8. The maximum absolute atomic E-state index is 12.9. The van der Waals surface area contributed by atoms with Gasteiger partial charge in [0.05, 0.1) is 12.5 Å². The molecule has 0 aromatic carbocycles. The lowest BCUT2D eigenvalue weighted by atomic mass is 9.94. The Kier molecular flexibility index (Phi) is 39.1. The first kappa shape index (κ1) is 54.8. The number of hydrogen-bond acceptors (Lipinski definition) is 9. The van der Waals surface area contributed by atoms with Gasteiger partial charge in [0.1, 0.15) is 18.8 Å². The third-order valence-electron chi connectivity index (χ3n) is 10.8. The Morgan fingerprint density at radius 3 is 1.30 bits per heavy atom. The predicted octanol–water partition coefficient (Wildman–Crippen LogP) is 12.6. The van der Waals surface area contributed by atoms with Gasteiger partial charge in [0.15, 0.2) is 0 Å². The molecule has 0 saturated carbocycles. The van der Waals surface area contributed by atoms with Crippen molar-refractivity contribution in [3.63, 3.8) is 0 Å². The number of likely N-dealkylation sites (N-methyl/N-ethyl adjacent to an activating group) is 1. The van der Waals surface area contributed by atoms with Crippen molar-refractivity contribution in [2.45, 2.75) is 245 Å². The molecule has 0 aliphatic carbocycles. The highest BCUT2D eigenvalue weighted by atomic mass is 16.6. The summed E-state index contributed by atoms with van der Waals surface area (Å²) in [6.07, 6.45) is 31.1. The molecule has 9 nitrogen and oxygen atoms in total. The Balaban J connectivity index is 4.46. The summed E-state index contributed by atoms with van der Waals surface area (Å²) in [5.74, 6) is -0.907. The van der Waals surface area contributed by atoms with Gasteiger partial charge in [-0.25, -0.2) is 0 Å². The van der Waals surface area contributed by atoms with E-state index in [1.807, 2.05) is 19.0 Å². The van der Waals surface area contributed by atoms with Gasteiger partial charge in [-0.2, -0.15) is 0 Å². The minimum absolute atomic E-state index is 0.00163. The lowest BCUT2D eigenvalue weighted by Crippen LogP contribution is -2.34. The first-order valence-electron chi connectivity index (χ1n) is 24.0. The fraction of sp³-hybridized carbons (Fsp3) is 0.917. The minimum atomic E-state index is -0.567. The van der Waals surface area contributed by atoms with E-state index in [0.717, 1.165) is 64.2 Å². The van der Waals surface area contributed by atoms with Gasteiger partial charge in [0, 0.05) is 25.8 Å². The molecule has 0 aliphatic rings. The SMILES string of the molecule is CCCCCCCCC(CCCCCC)OC(=O)CCCCC(=O)OC(COC(=O)CCCCCOC(=O)C(CCCCCC)CCCCCCCC)CN(C)C.